The average Bonchev–Trinajstić information content (AvgIpc) is 2.28. The maximum absolute atomic E-state index is 11.6. The minimum Gasteiger partial charge on any atom is -0.358 e. The molecule has 0 radical (unpaired) electrons. The van der Waals surface area contributed by atoms with Gasteiger partial charge < -0.3 is 5.32 Å². The second kappa shape index (κ2) is 5.28. The quantitative estimate of drug-likeness (QED) is 0.736. The van der Waals surface area contributed by atoms with Gasteiger partial charge in [0.1, 0.15) is 11.7 Å². The summed E-state index contributed by atoms with van der Waals surface area (Å²) in [5.41, 5.74) is 0.425. The van der Waals surface area contributed by atoms with E-state index in [0.29, 0.717) is 5.56 Å². The molecule has 1 rings (SSSR count). The van der Waals surface area contributed by atoms with Gasteiger partial charge in [0.05, 0.1) is 4.90 Å². The van der Waals surface area contributed by atoms with Crippen molar-refractivity contribution in [3.05, 3.63) is 29.8 Å². The Hall–Kier alpha value is -1.73. The molecule has 0 aromatic heterocycles. The first-order valence-corrected chi connectivity index (χ1v) is 6.67. The molecule has 0 aliphatic rings. The van der Waals surface area contributed by atoms with Gasteiger partial charge in [-0.1, -0.05) is 12.1 Å². The van der Waals surface area contributed by atoms with Crippen molar-refractivity contribution in [3.63, 3.8) is 0 Å². The molecule has 1 aromatic rings. The van der Waals surface area contributed by atoms with Gasteiger partial charge >= 0.3 is 0 Å². The number of Topliss-reactive ketones (excluding diaryl/α,β-unsaturated/α-hetero) is 1. The molecule has 0 aliphatic carbocycles. The van der Waals surface area contributed by atoms with E-state index in [0.717, 1.165) is 0 Å². The molecule has 0 spiro atoms. The number of ketones is 1. The van der Waals surface area contributed by atoms with Crippen molar-refractivity contribution >= 4 is 21.7 Å². The Balaban J connectivity index is 3.17. The normalized spacial score (nSPS) is 12.8. The number of hydrogen-bond donors (Lipinski definition) is 2. The number of carbonyl (C=O) groups is 2. The van der Waals surface area contributed by atoms with Crippen molar-refractivity contribution in [1.82, 2.24) is 5.32 Å². The summed E-state index contributed by atoms with van der Waals surface area (Å²) >= 11 is 0. The molecule has 0 saturated carbocycles. The fraction of sp³-hybridized carbons (Fsp3) is 0.273. The van der Waals surface area contributed by atoms with Crippen LogP contribution in [0.3, 0.4) is 0 Å². The molecule has 18 heavy (non-hydrogen) atoms. The molecular weight excluding hydrogens is 256 g/mol. The van der Waals surface area contributed by atoms with Crippen LogP contribution in [0.15, 0.2) is 29.2 Å². The van der Waals surface area contributed by atoms with Crippen LogP contribution in [0.1, 0.15) is 18.4 Å². The van der Waals surface area contributed by atoms with Crippen molar-refractivity contribution in [2.45, 2.75) is 17.7 Å². The number of nitrogens with two attached hydrogens (primary N) is 1. The topological polar surface area (TPSA) is 106 Å². The number of likely N-dealkylation sites (N-methyl/N-ethyl adjacent to an activating group) is 1. The lowest BCUT2D eigenvalue weighted by atomic mass is 9.95. The van der Waals surface area contributed by atoms with Crippen molar-refractivity contribution in [2.75, 3.05) is 7.05 Å². The predicted molar refractivity (Wildman–Crippen MR) is 65.3 cm³/mol. The van der Waals surface area contributed by atoms with Crippen LogP contribution < -0.4 is 10.5 Å². The lowest BCUT2D eigenvalue weighted by Gasteiger charge is -2.12. The van der Waals surface area contributed by atoms with E-state index in [9.17, 15) is 18.0 Å². The van der Waals surface area contributed by atoms with E-state index in [1.807, 2.05) is 0 Å². The van der Waals surface area contributed by atoms with Gasteiger partial charge in [0, 0.05) is 7.05 Å². The fourth-order valence-electron chi connectivity index (χ4n) is 1.56. The minimum atomic E-state index is -3.78. The molecule has 3 N–H and O–H groups in total. The largest absolute Gasteiger partial charge is 0.358 e. The number of carbonyl (C=O) groups excluding carboxylic acids is 2. The maximum Gasteiger partial charge on any atom is 0.238 e. The molecule has 0 heterocycles. The minimum absolute atomic E-state index is 0.0644. The summed E-state index contributed by atoms with van der Waals surface area (Å²) < 4.78 is 22.1. The highest BCUT2D eigenvalue weighted by molar-refractivity contribution is 7.89. The van der Waals surface area contributed by atoms with Gasteiger partial charge in [0.15, 0.2) is 0 Å². The van der Waals surface area contributed by atoms with Crippen LogP contribution in [0.2, 0.25) is 0 Å². The molecule has 1 atom stereocenters. The van der Waals surface area contributed by atoms with Crippen LogP contribution >= 0.6 is 0 Å². The third-order valence-electron chi connectivity index (χ3n) is 2.46. The first-order chi connectivity index (χ1) is 8.27. The second-order valence-corrected chi connectivity index (χ2v) is 5.33. The van der Waals surface area contributed by atoms with Crippen LogP contribution in [0, 0.1) is 0 Å². The number of rotatable bonds is 4. The van der Waals surface area contributed by atoms with Gasteiger partial charge in [0.25, 0.3) is 0 Å². The molecule has 0 aliphatic heterocycles. The van der Waals surface area contributed by atoms with E-state index in [1.165, 1.54) is 38.2 Å². The molecule has 1 aromatic carbocycles. The Bertz CT molecular complexity index is 563. The summed E-state index contributed by atoms with van der Waals surface area (Å²) in [6.07, 6.45) is 0. The van der Waals surface area contributed by atoms with Crippen LogP contribution in [0.4, 0.5) is 0 Å². The average molecular weight is 270 g/mol. The SMILES string of the molecule is CNC(=O)C(C(C)=O)c1ccc(S(N)(=O)=O)cc1. The van der Waals surface area contributed by atoms with Gasteiger partial charge in [-0.3, -0.25) is 9.59 Å². The van der Waals surface area contributed by atoms with Gasteiger partial charge in [-0.05, 0) is 24.6 Å². The number of amides is 1. The molecule has 0 saturated heterocycles. The van der Waals surface area contributed by atoms with E-state index in [2.05, 4.69) is 5.32 Å². The number of primary sulfonamides is 1. The Morgan fingerprint density at radius 3 is 2.06 bits per heavy atom. The molecule has 6 nitrogen and oxygen atoms in total. The summed E-state index contributed by atoms with van der Waals surface area (Å²) in [6, 6.07) is 5.34. The van der Waals surface area contributed by atoms with Gasteiger partial charge in [-0.2, -0.15) is 0 Å². The monoisotopic (exact) mass is 270 g/mol. The van der Waals surface area contributed by atoms with E-state index < -0.39 is 21.8 Å². The first kappa shape index (κ1) is 14.3. The second-order valence-electron chi connectivity index (χ2n) is 3.77. The molecule has 1 unspecified atom stereocenters. The number of sulfonamides is 1. The molecule has 1 amide bonds. The highest BCUT2D eigenvalue weighted by Crippen LogP contribution is 2.19. The third kappa shape index (κ3) is 3.14. The van der Waals surface area contributed by atoms with Crippen molar-refractivity contribution in [3.8, 4) is 0 Å². The molecule has 7 heteroatoms. The van der Waals surface area contributed by atoms with Crippen LogP contribution in [0.25, 0.3) is 0 Å². The van der Waals surface area contributed by atoms with Crippen molar-refractivity contribution in [1.29, 1.82) is 0 Å². The highest BCUT2D eigenvalue weighted by atomic mass is 32.2. The summed E-state index contributed by atoms with van der Waals surface area (Å²) in [4.78, 5) is 22.9. The van der Waals surface area contributed by atoms with E-state index in [4.69, 9.17) is 5.14 Å². The van der Waals surface area contributed by atoms with Crippen LogP contribution in [-0.4, -0.2) is 27.2 Å². The fourth-order valence-corrected chi connectivity index (χ4v) is 2.08. The molecule has 98 valence electrons. The van der Waals surface area contributed by atoms with E-state index in [-0.39, 0.29) is 10.7 Å². The van der Waals surface area contributed by atoms with Crippen molar-refractivity contribution in [2.24, 2.45) is 5.14 Å². The van der Waals surface area contributed by atoms with Gasteiger partial charge in [-0.25, -0.2) is 13.6 Å². The lowest BCUT2D eigenvalue weighted by Crippen LogP contribution is -2.30. The van der Waals surface area contributed by atoms with Crippen LogP contribution in [0.5, 0.6) is 0 Å². The summed E-state index contributed by atoms with van der Waals surface area (Å²) in [7, 11) is -2.35. The van der Waals surface area contributed by atoms with E-state index in [1.54, 1.807) is 0 Å². The maximum atomic E-state index is 11.6. The third-order valence-corrected chi connectivity index (χ3v) is 3.39. The molecular formula is C11H14N2O4S. The van der Waals surface area contributed by atoms with Crippen LogP contribution in [-0.2, 0) is 19.6 Å². The lowest BCUT2D eigenvalue weighted by molar-refractivity contribution is -0.129. The van der Waals surface area contributed by atoms with Gasteiger partial charge in [-0.15, -0.1) is 0 Å². The summed E-state index contributed by atoms with van der Waals surface area (Å²) in [5, 5.41) is 7.34. The Morgan fingerprint density at radius 1 is 1.22 bits per heavy atom. The summed E-state index contributed by atoms with van der Waals surface area (Å²) in [5.74, 6) is -1.70. The molecule has 0 fully saturated rings. The highest BCUT2D eigenvalue weighted by Gasteiger charge is 2.24. The first-order valence-electron chi connectivity index (χ1n) is 5.12. The number of nitrogens with one attached hydrogen (secondary N) is 1. The van der Waals surface area contributed by atoms with E-state index >= 15 is 0 Å². The molecule has 0 bridgehead atoms. The Labute approximate surface area is 105 Å². The zero-order valence-electron chi connectivity index (χ0n) is 10.0. The summed E-state index contributed by atoms with van der Waals surface area (Å²) in [6.45, 7) is 1.30. The zero-order valence-corrected chi connectivity index (χ0v) is 10.8. The Morgan fingerprint density at radius 2 is 1.72 bits per heavy atom. The zero-order chi connectivity index (χ0) is 13.9. The van der Waals surface area contributed by atoms with Gasteiger partial charge in [0.2, 0.25) is 15.9 Å². The number of benzene rings is 1. The smallest absolute Gasteiger partial charge is 0.238 e. The Kier molecular flexibility index (Phi) is 4.20. The predicted octanol–water partition coefficient (Wildman–Crippen LogP) is -0.247. The number of hydrogen-bond acceptors (Lipinski definition) is 4. The van der Waals surface area contributed by atoms with Crippen molar-refractivity contribution < 1.29 is 18.0 Å². The standard InChI is InChI=1S/C11H14N2O4S/c1-7(14)10(11(15)13-2)8-3-5-9(6-4-8)18(12,16)17/h3-6,10H,1-2H3,(H,13,15)(H2,12,16,17).